The van der Waals surface area contributed by atoms with Crippen molar-refractivity contribution in [3.63, 3.8) is 0 Å². The van der Waals surface area contributed by atoms with Crippen LogP contribution in [0.4, 0.5) is 5.69 Å². The zero-order valence-corrected chi connectivity index (χ0v) is 19.3. The molecule has 166 valence electrons. The molecule has 0 spiro atoms. The van der Waals surface area contributed by atoms with E-state index in [1.54, 1.807) is 36.4 Å². The van der Waals surface area contributed by atoms with Crippen LogP contribution in [0.1, 0.15) is 11.1 Å². The number of hydrogen-bond donors (Lipinski definition) is 3. The summed E-state index contributed by atoms with van der Waals surface area (Å²) in [5.41, 5.74) is 1.82. The molecule has 3 aromatic carbocycles. The molecule has 0 aliphatic rings. The summed E-state index contributed by atoms with van der Waals surface area (Å²) in [7, 11) is -3.95. The lowest BCUT2D eigenvalue weighted by molar-refractivity contribution is -0.136. The summed E-state index contributed by atoms with van der Waals surface area (Å²) in [6.07, 6.45) is 0.0252. The van der Waals surface area contributed by atoms with Crippen molar-refractivity contribution >= 4 is 43.5 Å². The number of aliphatic carboxylic acids is 1. The van der Waals surface area contributed by atoms with Gasteiger partial charge in [0, 0.05) is 10.2 Å². The van der Waals surface area contributed by atoms with E-state index in [9.17, 15) is 18.0 Å². The first-order chi connectivity index (χ1) is 15.2. The molecular weight excluding hydrogens is 496 g/mol. The molecule has 1 atom stereocenters. The fourth-order valence-electron chi connectivity index (χ4n) is 3.02. The van der Waals surface area contributed by atoms with E-state index in [2.05, 4.69) is 26.0 Å². The first kappa shape index (κ1) is 23.6. The average molecular weight is 517 g/mol. The second kappa shape index (κ2) is 10.5. The van der Waals surface area contributed by atoms with Gasteiger partial charge in [0.05, 0.1) is 11.3 Å². The van der Waals surface area contributed by atoms with E-state index in [0.29, 0.717) is 11.3 Å². The van der Waals surface area contributed by atoms with E-state index >= 15 is 0 Å². The van der Waals surface area contributed by atoms with Crippen molar-refractivity contribution in [1.82, 2.24) is 4.72 Å². The van der Waals surface area contributed by atoms with E-state index < -0.39 is 27.9 Å². The quantitative estimate of drug-likeness (QED) is 0.402. The summed E-state index contributed by atoms with van der Waals surface area (Å²) >= 11 is 3.27. The SMILES string of the molecule is O=C(O)Cc1ccc(NC(=O)C(Cc2ccccc2)NS(=O)(=O)c2ccc(Br)cc2)cc1. The molecule has 3 rings (SSSR count). The number of anilines is 1. The van der Waals surface area contributed by atoms with Crippen molar-refractivity contribution in [3.05, 3.63) is 94.5 Å². The minimum Gasteiger partial charge on any atom is -0.481 e. The van der Waals surface area contributed by atoms with Crippen LogP contribution >= 0.6 is 15.9 Å². The number of amides is 1. The lowest BCUT2D eigenvalue weighted by atomic mass is 10.1. The summed E-state index contributed by atoms with van der Waals surface area (Å²) in [6.45, 7) is 0. The van der Waals surface area contributed by atoms with E-state index in [1.807, 2.05) is 30.3 Å². The molecule has 32 heavy (non-hydrogen) atoms. The molecule has 0 heterocycles. The van der Waals surface area contributed by atoms with Crippen LogP contribution in [0.2, 0.25) is 0 Å². The summed E-state index contributed by atoms with van der Waals surface area (Å²) < 4.78 is 29.0. The van der Waals surface area contributed by atoms with Crippen LogP contribution < -0.4 is 10.0 Å². The standard InChI is InChI=1S/C23H21BrN2O5S/c24-18-8-12-20(13-9-18)32(30,31)26-21(14-16-4-2-1-3-5-16)23(29)25-19-10-6-17(7-11-19)15-22(27)28/h1-13,21,26H,14-15H2,(H,25,29)(H,27,28). The molecule has 0 bridgehead atoms. The molecule has 0 aromatic heterocycles. The number of carboxylic acid groups (broad SMARTS) is 1. The Morgan fingerprint density at radius 3 is 2.09 bits per heavy atom. The van der Waals surface area contributed by atoms with Gasteiger partial charge in [0.15, 0.2) is 0 Å². The first-order valence-electron chi connectivity index (χ1n) is 9.66. The Morgan fingerprint density at radius 2 is 1.50 bits per heavy atom. The monoisotopic (exact) mass is 516 g/mol. The molecular formula is C23H21BrN2O5S. The second-order valence-corrected chi connectivity index (χ2v) is 9.70. The Balaban J connectivity index is 1.81. The first-order valence-corrected chi connectivity index (χ1v) is 11.9. The molecule has 1 amide bonds. The van der Waals surface area contributed by atoms with Gasteiger partial charge >= 0.3 is 5.97 Å². The maximum Gasteiger partial charge on any atom is 0.307 e. The van der Waals surface area contributed by atoms with Crippen LogP contribution in [-0.2, 0) is 32.5 Å². The van der Waals surface area contributed by atoms with E-state index in [0.717, 1.165) is 10.0 Å². The van der Waals surface area contributed by atoms with Gasteiger partial charge in [0.1, 0.15) is 6.04 Å². The van der Waals surface area contributed by atoms with Gasteiger partial charge in [-0.3, -0.25) is 9.59 Å². The molecule has 3 N–H and O–H groups in total. The Bertz CT molecular complexity index is 1180. The Labute approximate surface area is 194 Å². The highest BCUT2D eigenvalue weighted by molar-refractivity contribution is 9.10. The lowest BCUT2D eigenvalue weighted by Crippen LogP contribution is -2.45. The van der Waals surface area contributed by atoms with Crippen molar-refractivity contribution in [2.24, 2.45) is 0 Å². The lowest BCUT2D eigenvalue weighted by Gasteiger charge is -2.19. The van der Waals surface area contributed by atoms with Crippen LogP contribution in [0.15, 0.2) is 88.2 Å². The predicted molar refractivity (Wildman–Crippen MR) is 125 cm³/mol. The van der Waals surface area contributed by atoms with Gasteiger partial charge in [-0.2, -0.15) is 4.72 Å². The Hall–Kier alpha value is -3.01. The van der Waals surface area contributed by atoms with Crippen molar-refractivity contribution in [1.29, 1.82) is 0 Å². The number of halogens is 1. The van der Waals surface area contributed by atoms with Crippen molar-refractivity contribution in [2.75, 3.05) is 5.32 Å². The minimum absolute atomic E-state index is 0.0459. The van der Waals surface area contributed by atoms with E-state index in [1.165, 1.54) is 12.1 Å². The molecule has 3 aromatic rings. The third-order valence-electron chi connectivity index (χ3n) is 4.60. The van der Waals surface area contributed by atoms with Gasteiger partial charge in [-0.25, -0.2) is 8.42 Å². The summed E-state index contributed by atoms with van der Waals surface area (Å²) in [6, 6.07) is 20.5. The fourth-order valence-corrected chi connectivity index (χ4v) is 4.48. The number of sulfonamides is 1. The molecule has 0 radical (unpaired) electrons. The maximum absolute atomic E-state index is 13.0. The third kappa shape index (κ3) is 6.74. The average Bonchev–Trinajstić information content (AvgIpc) is 2.75. The topological polar surface area (TPSA) is 113 Å². The molecule has 0 saturated carbocycles. The summed E-state index contributed by atoms with van der Waals surface area (Å²) in [5.74, 6) is -1.48. The van der Waals surface area contributed by atoms with Crippen molar-refractivity contribution in [3.8, 4) is 0 Å². The number of nitrogens with one attached hydrogen (secondary N) is 2. The van der Waals surface area contributed by atoms with Crippen LogP contribution in [-0.4, -0.2) is 31.4 Å². The van der Waals surface area contributed by atoms with Gasteiger partial charge < -0.3 is 10.4 Å². The molecule has 0 saturated heterocycles. The van der Waals surface area contributed by atoms with Gasteiger partial charge in [-0.05, 0) is 53.9 Å². The zero-order valence-electron chi connectivity index (χ0n) is 16.9. The molecule has 7 nitrogen and oxygen atoms in total. The second-order valence-electron chi connectivity index (χ2n) is 7.07. The smallest absolute Gasteiger partial charge is 0.307 e. The van der Waals surface area contributed by atoms with Gasteiger partial charge in [-0.15, -0.1) is 0 Å². The van der Waals surface area contributed by atoms with Crippen LogP contribution in [0, 0.1) is 0 Å². The number of carbonyl (C=O) groups is 2. The Morgan fingerprint density at radius 1 is 0.875 bits per heavy atom. The van der Waals surface area contributed by atoms with Gasteiger partial charge in [0.2, 0.25) is 15.9 Å². The molecule has 0 aliphatic heterocycles. The molecule has 9 heteroatoms. The fraction of sp³-hybridized carbons (Fsp3) is 0.130. The van der Waals surface area contributed by atoms with Gasteiger partial charge in [0.25, 0.3) is 0 Å². The highest BCUT2D eigenvalue weighted by Crippen LogP contribution is 2.17. The minimum atomic E-state index is -3.95. The highest BCUT2D eigenvalue weighted by Gasteiger charge is 2.26. The normalized spacial score (nSPS) is 12.2. The van der Waals surface area contributed by atoms with Crippen LogP contribution in [0.25, 0.3) is 0 Å². The third-order valence-corrected chi connectivity index (χ3v) is 6.61. The van der Waals surface area contributed by atoms with E-state index in [-0.39, 0.29) is 17.7 Å². The van der Waals surface area contributed by atoms with Gasteiger partial charge in [-0.1, -0.05) is 58.4 Å². The van der Waals surface area contributed by atoms with Crippen LogP contribution in [0.3, 0.4) is 0 Å². The van der Waals surface area contributed by atoms with E-state index in [4.69, 9.17) is 5.11 Å². The Kier molecular flexibility index (Phi) is 7.79. The van der Waals surface area contributed by atoms with Crippen molar-refractivity contribution < 1.29 is 23.1 Å². The molecule has 0 aliphatic carbocycles. The number of benzene rings is 3. The molecule has 0 fully saturated rings. The summed E-state index contributed by atoms with van der Waals surface area (Å²) in [5, 5.41) is 11.6. The number of rotatable bonds is 9. The number of hydrogen-bond acceptors (Lipinski definition) is 4. The largest absolute Gasteiger partial charge is 0.481 e. The summed E-state index contributed by atoms with van der Waals surface area (Å²) in [4.78, 5) is 23.9. The maximum atomic E-state index is 13.0. The number of carbonyl (C=O) groups excluding carboxylic acids is 1. The highest BCUT2D eigenvalue weighted by atomic mass is 79.9. The van der Waals surface area contributed by atoms with Crippen LogP contribution in [0.5, 0.6) is 0 Å². The zero-order chi connectivity index (χ0) is 23.1. The predicted octanol–water partition coefficient (Wildman–Crippen LogP) is 3.60. The number of carboxylic acids is 1. The van der Waals surface area contributed by atoms with Crippen molar-refractivity contribution in [2.45, 2.75) is 23.8 Å². The molecule has 1 unspecified atom stereocenters.